The molecule has 3 N–H and O–H groups in total. The van der Waals surface area contributed by atoms with E-state index in [-0.39, 0.29) is 11.4 Å². The molecule has 0 saturated heterocycles. The summed E-state index contributed by atoms with van der Waals surface area (Å²) in [4.78, 5) is 29.1. The zero-order valence-electron chi connectivity index (χ0n) is 8.69. The first kappa shape index (κ1) is 12.1. The normalized spacial score (nSPS) is 12.6. The summed E-state index contributed by atoms with van der Waals surface area (Å²) in [6.45, 7) is 1.58. The number of ether oxygens (including phenoxy) is 1. The lowest BCUT2D eigenvalue weighted by molar-refractivity contribution is 0.112. The lowest BCUT2D eigenvalue weighted by Gasteiger charge is -2.09. The first-order valence-corrected chi connectivity index (χ1v) is 6.23. The fourth-order valence-corrected chi connectivity index (χ4v) is 2.77. The summed E-state index contributed by atoms with van der Waals surface area (Å²) < 4.78 is 6.08. The number of carbonyl (C=O) groups is 1. The molecular formula is C9H8BrN3O3S. The molecule has 0 radical (unpaired) electrons. The fourth-order valence-electron chi connectivity index (χ4n) is 1.35. The van der Waals surface area contributed by atoms with E-state index in [9.17, 15) is 9.59 Å². The Hall–Kier alpha value is -1.41. The Bertz CT molecular complexity index is 636. The van der Waals surface area contributed by atoms with Crippen molar-refractivity contribution in [3.05, 3.63) is 26.0 Å². The van der Waals surface area contributed by atoms with Gasteiger partial charge in [-0.25, -0.2) is 9.78 Å². The Morgan fingerprint density at radius 3 is 3.06 bits per heavy atom. The van der Waals surface area contributed by atoms with Gasteiger partial charge in [0.1, 0.15) is 4.70 Å². The highest BCUT2D eigenvalue weighted by Crippen LogP contribution is 2.26. The van der Waals surface area contributed by atoms with Crippen molar-refractivity contribution < 1.29 is 9.53 Å². The van der Waals surface area contributed by atoms with Crippen molar-refractivity contribution >= 4 is 43.6 Å². The summed E-state index contributed by atoms with van der Waals surface area (Å²) in [6, 6.07) is 1.73. The van der Waals surface area contributed by atoms with Crippen molar-refractivity contribution in [2.45, 2.75) is 13.0 Å². The highest BCUT2D eigenvalue weighted by molar-refractivity contribution is 9.11. The van der Waals surface area contributed by atoms with Gasteiger partial charge < -0.3 is 15.5 Å². The molecule has 0 spiro atoms. The van der Waals surface area contributed by atoms with Crippen molar-refractivity contribution in [1.82, 2.24) is 9.97 Å². The van der Waals surface area contributed by atoms with E-state index in [4.69, 9.17) is 10.5 Å². The standard InChI is InChI=1S/C9H8BrN3O3S/c1-3(16-9(11)15)7-12-4-2-5(10)17-6(4)8(14)13-7/h2-3H,1H3,(H2,11,15)(H,12,13,14). The summed E-state index contributed by atoms with van der Waals surface area (Å²) in [5.41, 5.74) is 5.19. The molecule has 2 aromatic rings. The first-order chi connectivity index (χ1) is 7.97. The summed E-state index contributed by atoms with van der Waals surface area (Å²) in [5.74, 6) is 0.270. The minimum atomic E-state index is -0.910. The third kappa shape index (κ3) is 2.47. The number of H-pyrrole nitrogens is 1. The third-order valence-electron chi connectivity index (χ3n) is 2.05. The van der Waals surface area contributed by atoms with Crippen LogP contribution in [-0.2, 0) is 4.74 Å². The second-order valence-electron chi connectivity index (χ2n) is 3.30. The van der Waals surface area contributed by atoms with Crippen LogP contribution in [-0.4, -0.2) is 16.1 Å². The predicted octanol–water partition coefficient (Wildman–Crippen LogP) is 1.90. The van der Waals surface area contributed by atoms with E-state index >= 15 is 0 Å². The summed E-state index contributed by atoms with van der Waals surface area (Å²) >= 11 is 4.57. The molecule has 8 heteroatoms. The lowest BCUT2D eigenvalue weighted by Crippen LogP contribution is -2.19. The van der Waals surface area contributed by atoms with Crippen LogP contribution in [0.5, 0.6) is 0 Å². The maximum atomic E-state index is 11.7. The minimum Gasteiger partial charge on any atom is -0.439 e. The molecule has 1 unspecified atom stereocenters. The number of hydrogen-bond donors (Lipinski definition) is 2. The van der Waals surface area contributed by atoms with Gasteiger partial charge in [0.2, 0.25) is 0 Å². The number of rotatable bonds is 2. The average molecular weight is 318 g/mol. The zero-order valence-corrected chi connectivity index (χ0v) is 11.1. The Morgan fingerprint density at radius 2 is 2.41 bits per heavy atom. The molecule has 0 saturated carbocycles. The van der Waals surface area contributed by atoms with Crippen molar-refractivity contribution in [1.29, 1.82) is 0 Å². The van der Waals surface area contributed by atoms with E-state index in [1.54, 1.807) is 13.0 Å². The van der Waals surface area contributed by atoms with Gasteiger partial charge in [-0.3, -0.25) is 4.79 Å². The van der Waals surface area contributed by atoms with E-state index in [1.807, 2.05) is 0 Å². The van der Waals surface area contributed by atoms with Crippen LogP contribution in [0.2, 0.25) is 0 Å². The topological polar surface area (TPSA) is 98.1 Å². The lowest BCUT2D eigenvalue weighted by atomic mass is 10.3. The number of aromatic nitrogens is 2. The maximum Gasteiger partial charge on any atom is 0.405 e. The Kier molecular flexibility index (Phi) is 3.16. The molecule has 6 nitrogen and oxygen atoms in total. The third-order valence-corrected chi connectivity index (χ3v) is 3.68. The average Bonchev–Trinajstić information content (AvgIpc) is 2.58. The molecule has 1 atom stereocenters. The molecule has 17 heavy (non-hydrogen) atoms. The number of thiophene rings is 1. The summed E-state index contributed by atoms with van der Waals surface area (Å²) in [7, 11) is 0. The number of hydrogen-bond acceptors (Lipinski definition) is 5. The molecular weight excluding hydrogens is 310 g/mol. The molecule has 0 fully saturated rings. The second-order valence-corrected chi connectivity index (χ2v) is 5.73. The van der Waals surface area contributed by atoms with Crippen LogP contribution >= 0.6 is 27.3 Å². The Morgan fingerprint density at radius 1 is 1.71 bits per heavy atom. The highest BCUT2D eigenvalue weighted by atomic mass is 79.9. The molecule has 0 aliphatic carbocycles. The van der Waals surface area contributed by atoms with Crippen molar-refractivity contribution in [3.8, 4) is 0 Å². The van der Waals surface area contributed by atoms with Crippen LogP contribution in [0.3, 0.4) is 0 Å². The van der Waals surface area contributed by atoms with Gasteiger partial charge in [0.15, 0.2) is 11.9 Å². The van der Waals surface area contributed by atoms with Crippen LogP contribution in [0, 0.1) is 0 Å². The van der Waals surface area contributed by atoms with E-state index in [0.717, 1.165) is 3.79 Å². The molecule has 2 aromatic heterocycles. The number of nitrogens with two attached hydrogens (primary N) is 1. The summed E-state index contributed by atoms with van der Waals surface area (Å²) in [5, 5.41) is 0. The number of halogens is 1. The number of carbonyl (C=O) groups excluding carboxylic acids is 1. The number of primary amides is 1. The molecule has 0 aromatic carbocycles. The zero-order chi connectivity index (χ0) is 12.6. The van der Waals surface area contributed by atoms with Crippen LogP contribution in [0.4, 0.5) is 4.79 Å². The highest BCUT2D eigenvalue weighted by Gasteiger charge is 2.15. The van der Waals surface area contributed by atoms with Gasteiger partial charge in [0, 0.05) is 0 Å². The van der Waals surface area contributed by atoms with Gasteiger partial charge in [0.05, 0.1) is 9.30 Å². The van der Waals surface area contributed by atoms with Crippen molar-refractivity contribution in [3.63, 3.8) is 0 Å². The first-order valence-electron chi connectivity index (χ1n) is 4.62. The van der Waals surface area contributed by atoms with E-state index in [0.29, 0.717) is 10.2 Å². The monoisotopic (exact) mass is 317 g/mol. The number of aromatic amines is 1. The van der Waals surface area contributed by atoms with Gasteiger partial charge in [-0.05, 0) is 28.9 Å². The number of amides is 1. The Balaban J connectivity index is 2.49. The second kappa shape index (κ2) is 4.46. The molecule has 2 heterocycles. The fraction of sp³-hybridized carbons (Fsp3) is 0.222. The quantitative estimate of drug-likeness (QED) is 0.883. The van der Waals surface area contributed by atoms with Gasteiger partial charge >= 0.3 is 6.09 Å². The van der Waals surface area contributed by atoms with Gasteiger partial charge in [-0.1, -0.05) is 0 Å². The SMILES string of the molecule is CC(OC(N)=O)c1nc2cc(Br)sc2c(=O)[nH]1. The Labute approximate surface area is 108 Å². The van der Waals surface area contributed by atoms with Crippen LogP contribution in [0.1, 0.15) is 18.9 Å². The van der Waals surface area contributed by atoms with Crippen LogP contribution in [0.15, 0.2) is 14.6 Å². The van der Waals surface area contributed by atoms with Crippen LogP contribution in [0.25, 0.3) is 10.2 Å². The van der Waals surface area contributed by atoms with Gasteiger partial charge in [0.25, 0.3) is 5.56 Å². The van der Waals surface area contributed by atoms with Gasteiger partial charge in [-0.15, -0.1) is 11.3 Å². The molecule has 0 bridgehead atoms. The van der Waals surface area contributed by atoms with E-state index < -0.39 is 12.2 Å². The van der Waals surface area contributed by atoms with Crippen molar-refractivity contribution in [2.75, 3.05) is 0 Å². The number of nitrogens with one attached hydrogen (secondary N) is 1. The minimum absolute atomic E-state index is 0.263. The molecule has 90 valence electrons. The molecule has 0 aliphatic heterocycles. The smallest absolute Gasteiger partial charge is 0.405 e. The van der Waals surface area contributed by atoms with Crippen LogP contribution < -0.4 is 11.3 Å². The maximum absolute atomic E-state index is 11.7. The van der Waals surface area contributed by atoms with Gasteiger partial charge in [-0.2, -0.15) is 0 Å². The number of nitrogens with zero attached hydrogens (tertiary/aromatic N) is 1. The van der Waals surface area contributed by atoms with E-state index in [1.165, 1.54) is 11.3 Å². The number of fused-ring (bicyclic) bond motifs is 1. The summed E-state index contributed by atoms with van der Waals surface area (Å²) in [6.07, 6.45) is -1.60. The molecule has 1 amide bonds. The van der Waals surface area contributed by atoms with E-state index in [2.05, 4.69) is 25.9 Å². The largest absolute Gasteiger partial charge is 0.439 e. The van der Waals surface area contributed by atoms with Crippen molar-refractivity contribution in [2.24, 2.45) is 5.73 Å². The predicted molar refractivity (Wildman–Crippen MR) is 67.0 cm³/mol. The molecule has 2 rings (SSSR count). The molecule has 0 aliphatic rings.